The van der Waals surface area contributed by atoms with Crippen molar-refractivity contribution in [3.63, 3.8) is 0 Å². The molecule has 9 nitrogen and oxygen atoms in total. The summed E-state index contributed by atoms with van der Waals surface area (Å²) in [4.78, 5) is 50.8. The Hall–Kier alpha value is -4.12. The van der Waals surface area contributed by atoms with Gasteiger partial charge >= 0.3 is 17.6 Å². The molecule has 0 radical (unpaired) electrons. The molecule has 1 aromatic heterocycles. The molecule has 0 spiro atoms. The summed E-state index contributed by atoms with van der Waals surface area (Å²) in [6.07, 6.45) is -1.78. The first-order valence-corrected chi connectivity index (χ1v) is 10.6. The van der Waals surface area contributed by atoms with Crippen LogP contribution in [0, 0.1) is 0 Å². The molecule has 1 aliphatic heterocycles. The molecule has 1 N–H and O–H groups in total. The molecule has 2 aromatic carbocycles. The molecule has 2 heterocycles. The molecular weight excluding hydrogens is 466 g/mol. The van der Waals surface area contributed by atoms with Crippen molar-refractivity contribution in [1.82, 2.24) is 9.55 Å². The van der Waals surface area contributed by atoms with E-state index in [1.165, 1.54) is 24.3 Å². The van der Waals surface area contributed by atoms with Crippen molar-refractivity contribution in [2.24, 2.45) is 0 Å². The molecule has 2 aliphatic rings. The van der Waals surface area contributed by atoms with Crippen molar-refractivity contribution in [1.29, 1.82) is 0 Å². The van der Waals surface area contributed by atoms with Gasteiger partial charge in [0.25, 0.3) is 11.4 Å². The van der Waals surface area contributed by atoms with E-state index in [0.29, 0.717) is 4.57 Å². The lowest BCUT2D eigenvalue weighted by Crippen LogP contribution is -2.48. The summed E-state index contributed by atoms with van der Waals surface area (Å²) >= 11 is 0. The molecule has 0 bridgehead atoms. The number of fused-ring (bicyclic) bond motifs is 1. The van der Waals surface area contributed by atoms with Crippen molar-refractivity contribution in [3.05, 3.63) is 105 Å². The van der Waals surface area contributed by atoms with Gasteiger partial charge in [-0.25, -0.2) is 23.2 Å². The number of halogens is 2. The van der Waals surface area contributed by atoms with Crippen molar-refractivity contribution in [2.45, 2.75) is 29.8 Å². The number of esters is 2. The number of H-pyrrole nitrogens is 1. The molecule has 5 rings (SSSR count). The van der Waals surface area contributed by atoms with Crippen LogP contribution >= 0.6 is 0 Å². The van der Waals surface area contributed by atoms with Crippen LogP contribution in [0.1, 0.15) is 27.1 Å². The topological polar surface area (TPSA) is 117 Å². The van der Waals surface area contributed by atoms with Crippen LogP contribution in [0.2, 0.25) is 0 Å². The Morgan fingerprint density at radius 2 is 1.57 bits per heavy atom. The monoisotopic (exact) mass is 484 g/mol. The number of carbonyl (C=O) groups excluding carboxylic acids is 2. The number of aromatic amines is 1. The van der Waals surface area contributed by atoms with Crippen molar-refractivity contribution >= 4 is 11.9 Å². The average molecular weight is 484 g/mol. The van der Waals surface area contributed by atoms with Crippen LogP contribution in [-0.2, 0) is 19.9 Å². The van der Waals surface area contributed by atoms with Crippen LogP contribution < -0.4 is 11.2 Å². The third-order valence-electron chi connectivity index (χ3n) is 6.02. The summed E-state index contributed by atoms with van der Waals surface area (Å²) in [6.45, 7) is -1.13. The lowest BCUT2D eigenvalue weighted by molar-refractivity contribution is -0.236. The Bertz CT molecular complexity index is 1410. The summed E-state index contributed by atoms with van der Waals surface area (Å²) in [7, 11) is 0. The molecule has 4 atom stereocenters. The number of benzene rings is 2. The van der Waals surface area contributed by atoms with Crippen LogP contribution in [0.4, 0.5) is 8.78 Å². The first kappa shape index (κ1) is 22.7. The fraction of sp³-hybridized carbons (Fsp3) is 0.250. The number of aromatic nitrogens is 2. The molecule has 11 heteroatoms. The standard InChI is InChI=1S/C24H18F2N2O7/c25-22-13-24(22,28-12-11-17(29)27-21(28)32)35-23(26,14-33-18(30)15-7-3-1-4-8-15)20(22)34-19(31)16-9-5-2-6-10-16/h1-12,20H,13-14H2,(H,27,29,32)/t20-,22+,23+,24+/m0/s1. The summed E-state index contributed by atoms with van der Waals surface area (Å²) < 4.78 is 48.7. The van der Waals surface area contributed by atoms with Gasteiger partial charge in [0.05, 0.1) is 11.1 Å². The maximum absolute atomic E-state index is 16.2. The Labute approximate surface area is 195 Å². The van der Waals surface area contributed by atoms with Gasteiger partial charge in [-0.2, -0.15) is 0 Å². The van der Waals surface area contributed by atoms with E-state index in [1.807, 2.05) is 4.98 Å². The minimum absolute atomic E-state index is 0.0269. The molecule has 3 aromatic rings. The van der Waals surface area contributed by atoms with E-state index >= 15 is 8.78 Å². The average Bonchev–Trinajstić information content (AvgIpc) is 3.39. The lowest BCUT2D eigenvalue weighted by Gasteiger charge is -2.29. The maximum atomic E-state index is 16.2. The summed E-state index contributed by atoms with van der Waals surface area (Å²) in [5.41, 5.74) is -6.56. The molecule has 2 fully saturated rings. The third-order valence-corrected chi connectivity index (χ3v) is 6.02. The van der Waals surface area contributed by atoms with Gasteiger partial charge in [0.15, 0.2) is 12.3 Å². The number of ether oxygens (including phenoxy) is 3. The highest BCUT2D eigenvalue weighted by atomic mass is 19.2. The number of nitrogens with zero attached hydrogens (tertiary/aromatic N) is 1. The van der Waals surface area contributed by atoms with Gasteiger partial charge in [0.1, 0.15) is 0 Å². The zero-order valence-electron chi connectivity index (χ0n) is 18.0. The molecular formula is C24H18F2N2O7. The van der Waals surface area contributed by atoms with E-state index < -0.39 is 59.6 Å². The zero-order valence-corrected chi connectivity index (χ0v) is 18.0. The second-order valence-corrected chi connectivity index (χ2v) is 8.29. The Morgan fingerprint density at radius 1 is 0.971 bits per heavy atom. The van der Waals surface area contributed by atoms with Crippen molar-refractivity contribution in [2.75, 3.05) is 6.61 Å². The molecule has 1 saturated heterocycles. The number of hydrogen-bond acceptors (Lipinski definition) is 7. The van der Waals surface area contributed by atoms with E-state index in [0.717, 1.165) is 12.3 Å². The van der Waals surface area contributed by atoms with E-state index in [-0.39, 0.29) is 11.1 Å². The number of nitrogens with one attached hydrogen (secondary N) is 1. The highest BCUT2D eigenvalue weighted by Crippen LogP contribution is 2.69. The number of alkyl halides is 2. The van der Waals surface area contributed by atoms with Gasteiger partial charge in [0.2, 0.25) is 11.8 Å². The van der Waals surface area contributed by atoms with Crippen LogP contribution in [0.15, 0.2) is 82.5 Å². The summed E-state index contributed by atoms with van der Waals surface area (Å²) in [6, 6.07) is 16.1. The minimum Gasteiger partial charge on any atom is -0.456 e. The summed E-state index contributed by atoms with van der Waals surface area (Å²) in [5, 5.41) is 0. The van der Waals surface area contributed by atoms with Crippen molar-refractivity contribution < 1.29 is 32.6 Å². The molecule has 0 amide bonds. The molecule has 1 aliphatic carbocycles. The van der Waals surface area contributed by atoms with E-state index in [2.05, 4.69) is 0 Å². The van der Waals surface area contributed by atoms with Gasteiger partial charge in [0, 0.05) is 18.7 Å². The van der Waals surface area contributed by atoms with Crippen LogP contribution in [0.5, 0.6) is 0 Å². The van der Waals surface area contributed by atoms with E-state index in [1.54, 1.807) is 36.4 Å². The van der Waals surface area contributed by atoms with Gasteiger partial charge < -0.3 is 14.2 Å². The first-order chi connectivity index (χ1) is 16.7. The highest BCUT2D eigenvalue weighted by Gasteiger charge is 2.89. The third kappa shape index (κ3) is 3.64. The quantitative estimate of drug-likeness (QED) is 0.533. The fourth-order valence-electron chi connectivity index (χ4n) is 4.29. The Balaban J connectivity index is 1.48. The van der Waals surface area contributed by atoms with Crippen LogP contribution in [-0.4, -0.2) is 45.7 Å². The molecule has 35 heavy (non-hydrogen) atoms. The number of rotatable bonds is 6. The second kappa shape index (κ2) is 7.98. The normalized spacial score (nSPS) is 28.7. The Kier molecular flexibility index (Phi) is 5.17. The first-order valence-electron chi connectivity index (χ1n) is 10.6. The number of carbonyl (C=O) groups is 2. The van der Waals surface area contributed by atoms with Crippen LogP contribution in [0.25, 0.3) is 0 Å². The van der Waals surface area contributed by atoms with Gasteiger partial charge in [-0.15, -0.1) is 0 Å². The molecule has 180 valence electrons. The summed E-state index contributed by atoms with van der Waals surface area (Å²) in [5.74, 6) is -5.09. The van der Waals surface area contributed by atoms with Gasteiger partial charge in [-0.1, -0.05) is 36.4 Å². The smallest absolute Gasteiger partial charge is 0.338 e. The number of hydrogen-bond donors (Lipinski definition) is 1. The predicted molar refractivity (Wildman–Crippen MR) is 115 cm³/mol. The zero-order chi connectivity index (χ0) is 24.8. The largest absolute Gasteiger partial charge is 0.456 e. The van der Waals surface area contributed by atoms with E-state index in [9.17, 15) is 19.2 Å². The SMILES string of the molecule is O=C(OC[C@@]1(F)O[C@]2(n3ccc(=O)[nH]c3=O)C[C@@]2(F)[C@@H]1OC(=O)c1ccccc1)c1ccccc1. The lowest BCUT2D eigenvalue weighted by atomic mass is 10.1. The maximum Gasteiger partial charge on any atom is 0.338 e. The molecule has 0 unspecified atom stereocenters. The Morgan fingerprint density at radius 3 is 2.17 bits per heavy atom. The van der Waals surface area contributed by atoms with E-state index in [4.69, 9.17) is 14.2 Å². The highest BCUT2D eigenvalue weighted by molar-refractivity contribution is 5.90. The molecule has 1 saturated carbocycles. The minimum atomic E-state index is -3.14. The van der Waals surface area contributed by atoms with Crippen LogP contribution in [0.3, 0.4) is 0 Å². The second-order valence-electron chi connectivity index (χ2n) is 8.29. The fourth-order valence-corrected chi connectivity index (χ4v) is 4.29. The predicted octanol–water partition coefficient (Wildman–Crippen LogP) is 2.08. The van der Waals surface area contributed by atoms with Gasteiger partial charge in [-0.3, -0.25) is 14.3 Å². The van der Waals surface area contributed by atoms with Gasteiger partial charge in [-0.05, 0) is 24.3 Å². The van der Waals surface area contributed by atoms with Crippen molar-refractivity contribution in [3.8, 4) is 0 Å².